The Balaban J connectivity index is 2.91. The molecule has 1 aromatic rings. The van der Waals surface area contributed by atoms with Gasteiger partial charge in [-0.15, -0.1) is 0 Å². The Bertz CT molecular complexity index is 389. The molecule has 0 saturated carbocycles. The minimum Gasteiger partial charge on any atom is -0.462 e. The van der Waals surface area contributed by atoms with Crippen molar-refractivity contribution >= 4 is 11.9 Å². The van der Waals surface area contributed by atoms with Gasteiger partial charge in [-0.1, -0.05) is 12.1 Å². The molecule has 0 heterocycles. The van der Waals surface area contributed by atoms with Gasteiger partial charge in [0.15, 0.2) is 6.67 Å². The largest absolute Gasteiger partial charge is 0.462 e. The van der Waals surface area contributed by atoms with Crippen LogP contribution in [0.4, 0.5) is 4.39 Å². The molecule has 4 nitrogen and oxygen atoms in total. The number of benzene rings is 1. The summed E-state index contributed by atoms with van der Waals surface area (Å²) in [6, 6.07) is 6.02. The quantitative estimate of drug-likeness (QED) is 0.579. The van der Waals surface area contributed by atoms with Crippen molar-refractivity contribution in [3.63, 3.8) is 0 Å². The molecule has 0 amide bonds. The number of carbonyl (C=O) groups excluding carboxylic acids is 2. The monoisotopic (exact) mass is 226 g/mol. The van der Waals surface area contributed by atoms with Crippen LogP contribution in [0.3, 0.4) is 0 Å². The van der Waals surface area contributed by atoms with Gasteiger partial charge in [0.25, 0.3) is 0 Å². The molecule has 1 rings (SSSR count). The van der Waals surface area contributed by atoms with E-state index in [0.29, 0.717) is 0 Å². The average molecular weight is 226 g/mol. The standard InChI is InChI=1S/C11H11FO4/c1-2-15-11(14)8-5-3-4-6-9(8)16-10(13)7-12/h3-6H,2,7H2,1H3. The van der Waals surface area contributed by atoms with Crippen molar-refractivity contribution in [3.8, 4) is 5.75 Å². The van der Waals surface area contributed by atoms with Gasteiger partial charge in [0.1, 0.15) is 11.3 Å². The topological polar surface area (TPSA) is 52.6 Å². The third-order valence-corrected chi connectivity index (χ3v) is 1.72. The first kappa shape index (κ1) is 12.2. The zero-order valence-electron chi connectivity index (χ0n) is 8.73. The van der Waals surface area contributed by atoms with Crippen LogP contribution in [0.25, 0.3) is 0 Å². The van der Waals surface area contributed by atoms with Crippen LogP contribution in [0.2, 0.25) is 0 Å². The number of alkyl halides is 1. The molecule has 0 aliphatic carbocycles. The van der Waals surface area contributed by atoms with Crippen molar-refractivity contribution in [2.24, 2.45) is 0 Å². The van der Waals surface area contributed by atoms with Crippen molar-refractivity contribution in [2.45, 2.75) is 6.92 Å². The van der Waals surface area contributed by atoms with E-state index in [1.54, 1.807) is 19.1 Å². The van der Waals surface area contributed by atoms with E-state index in [4.69, 9.17) is 4.74 Å². The first-order chi connectivity index (χ1) is 7.69. The molecule has 0 aliphatic rings. The van der Waals surface area contributed by atoms with Crippen LogP contribution >= 0.6 is 0 Å². The molecule has 0 unspecified atom stereocenters. The molecule has 0 radical (unpaired) electrons. The maximum Gasteiger partial charge on any atom is 0.342 e. The van der Waals surface area contributed by atoms with E-state index in [-0.39, 0.29) is 17.9 Å². The molecule has 0 spiro atoms. The summed E-state index contributed by atoms with van der Waals surface area (Å²) < 4.78 is 21.4. The summed E-state index contributed by atoms with van der Waals surface area (Å²) in [5.41, 5.74) is 0.103. The molecule has 16 heavy (non-hydrogen) atoms. The van der Waals surface area contributed by atoms with E-state index >= 15 is 0 Å². The number of esters is 2. The molecule has 0 aliphatic heterocycles. The summed E-state index contributed by atoms with van der Waals surface area (Å²) in [4.78, 5) is 22.2. The third kappa shape index (κ3) is 3.05. The summed E-state index contributed by atoms with van der Waals surface area (Å²) in [5.74, 6) is -1.65. The summed E-state index contributed by atoms with van der Waals surface area (Å²) in [5, 5.41) is 0. The van der Waals surface area contributed by atoms with Gasteiger partial charge in [0, 0.05) is 0 Å². The zero-order valence-corrected chi connectivity index (χ0v) is 8.73. The van der Waals surface area contributed by atoms with Crippen molar-refractivity contribution < 1.29 is 23.5 Å². The smallest absolute Gasteiger partial charge is 0.342 e. The molecular formula is C11H11FO4. The number of hydrogen-bond acceptors (Lipinski definition) is 4. The van der Waals surface area contributed by atoms with Crippen molar-refractivity contribution in [1.82, 2.24) is 0 Å². The van der Waals surface area contributed by atoms with Crippen LogP contribution in [-0.2, 0) is 9.53 Å². The summed E-state index contributed by atoms with van der Waals surface area (Å²) in [6.45, 7) is 0.634. The van der Waals surface area contributed by atoms with Gasteiger partial charge in [-0.05, 0) is 19.1 Å². The molecule has 0 saturated heterocycles. The lowest BCUT2D eigenvalue weighted by atomic mass is 10.2. The van der Waals surface area contributed by atoms with Crippen LogP contribution in [-0.4, -0.2) is 25.2 Å². The van der Waals surface area contributed by atoms with E-state index in [9.17, 15) is 14.0 Å². The fourth-order valence-electron chi connectivity index (χ4n) is 1.08. The number of rotatable bonds is 4. The summed E-state index contributed by atoms with van der Waals surface area (Å²) in [7, 11) is 0. The number of halogens is 1. The molecule has 1 aromatic carbocycles. The number of ether oxygens (including phenoxy) is 2. The molecule has 0 bridgehead atoms. The third-order valence-electron chi connectivity index (χ3n) is 1.72. The van der Waals surface area contributed by atoms with Gasteiger partial charge < -0.3 is 9.47 Å². The van der Waals surface area contributed by atoms with Crippen LogP contribution in [0.15, 0.2) is 24.3 Å². The van der Waals surface area contributed by atoms with Gasteiger partial charge in [-0.25, -0.2) is 14.0 Å². The van der Waals surface area contributed by atoms with Gasteiger partial charge in [-0.2, -0.15) is 0 Å². The van der Waals surface area contributed by atoms with Gasteiger partial charge in [0.2, 0.25) is 0 Å². The Labute approximate surface area is 92.0 Å². The van der Waals surface area contributed by atoms with E-state index in [1.165, 1.54) is 12.1 Å². The Hall–Kier alpha value is -1.91. The van der Waals surface area contributed by atoms with Gasteiger partial charge in [0.05, 0.1) is 6.61 Å². The first-order valence-electron chi connectivity index (χ1n) is 4.71. The SMILES string of the molecule is CCOC(=O)c1ccccc1OC(=O)CF. The van der Waals surface area contributed by atoms with Crippen LogP contribution < -0.4 is 4.74 Å². The highest BCUT2D eigenvalue weighted by atomic mass is 19.1. The Kier molecular flexibility index (Phi) is 4.44. The minimum absolute atomic E-state index is 0.00333. The highest BCUT2D eigenvalue weighted by Gasteiger charge is 2.15. The molecule has 0 atom stereocenters. The maximum atomic E-state index is 12.0. The fourth-order valence-corrected chi connectivity index (χ4v) is 1.08. The maximum absolute atomic E-state index is 12.0. The second-order valence-corrected chi connectivity index (χ2v) is 2.82. The van der Waals surface area contributed by atoms with Crippen molar-refractivity contribution in [3.05, 3.63) is 29.8 Å². The van der Waals surface area contributed by atoms with Gasteiger partial charge >= 0.3 is 11.9 Å². The normalized spacial score (nSPS) is 9.62. The van der Waals surface area contributed by atoms with Crippen LogP contribution in [0.5, 0.6) is 5.75 Å². The van der Waals surface area contributed by atoms with Crippen LogP contribution in [0, 0.1) is 0 Å². The Morgan fingerprint density at radius 2 is 2.00 bits per heavy atom. The number of carbonyl (C=O) groups is 2. The number of hydrogen-bond donors (Lipinski definition) is 0. The predicted molar refractivity (Wildman–Crippen MR) is 54.0 cm³/mol. The fraction of sp³-hybridized carbons (Fsp3) is 0.273. The highest BCUT2D eigenvalue weighted by molar-refractivity contribution is 5.93. The molecule has 0 N–H and O–H groups in total. The Morgan fingerprint density at radius 3 is 2.62 bits per heavy atom. The second kappa shape index (κ2) is 5.85. The van der Waals surface area contributed by atoms with E-state index in [2.05, 4.69) is 4.74 Å². The first-order valence-corrected chi connectivity index (χ1v) is 4.71. The van der Waals surface area contributed by atoms with Crippen molar-refractivity contribution in [2.75, 3.05) is 13.3 Å². The van der Waals surface area contributed by atoms with Crippen molar-refractivity contribution in [1.29, 1.82) is 0 Å². The lowest BCUT2D eigenvalue weighted by Crippen LogP contribution is -2.13. The molecule has 86 valence electrons. The highest BCUT2D eigenvalue weighted by Crippen LogP contribution is 2.19. The minimum atomic E-state index is -1.24. The predicted octanol–water partition coefficient (Wildman–Crippen LogP) is 1.74. The molecule has 0 fully saturated rings. The summed E-state index contributed by atoms with van der Waals surface area (Å²) >= 11 is 0. The van der Waals surface area contributed by atoms with Gasteiger partial charge in [-0.3, -0.25) is 0 Å². The molecular weight excluding hydrogens is 215 g/mol. The molecule has 0 aromatic heterocycles. The Morgan fingerprint density at radius 1 is 1.31 bits per heavy atom. The summed E-state index contributed by atoms with van der Waals surface area (Å²) in [6.07, 6.45) is 0. The zero-order chi connectivity index (χ0) is 12.0. The number of para-hydroxylation sites is 1. The van der Waals surface area contributed by atoms with Crippen LogP contribution in [0.1, 0.15) is 17.3 Å². The van der Waals surface area contributed by atoms with E-state index in [1.807, 2.05) is 0 Å². The lowest BCUT2D eigenvalue weighted by molar-refractivity contribution is -0.135. The second-order valence-electron chi connectivity index (χ2n) is 2.82. The van der Waals surface area contributed by atoms with E-state index in [0.717, 1.165) is 0 Å². The lowest BCUT2D eigenvalue weighted by Gasteiger charge is -2.07. The average Bonchev–Trinajstić information content (AvgIpc) is 2.30. The molecule has 5 heteroatoms. The van der Waals surface area contributed by atoms with E-state index < -0.39 is 18.6 Å².